The number of anilines is 1. The summed E-state index contributed by atoms with van der Waals surface area (Å²) in [5, 5.41) is 15.5. The summed E-state index contributed by atoms with van der Waals surface area (Å²) in [5.41, 5.74) is 3.06. The number of para-hydroxylation sites is 2. The van der Waals surface area contributed by atoms with E-state index in [-0.39, 0.29) is 5.69 Å². The number of nitrogens with zero attached hydrogens (tertiary/aromatic N) is 3. The first-order valence-corrected chi connectivity index (χ1v) is 12.3. The standard InChI is InChI=1S/C24H22N4O7S/c1-17(18-11-12-21-22(15-18)35-14-13-34-21)25-26-24(29)16-27(19-7-3-2-4-8-19)36(32,33)23-10-6-5-9-20(23)28(30)31/h2-12,15H,13-14,16H2,1H3,(H,26,29)/b25-17-. The largest absolute Gasteiger partial charge is 0.486 e. The zero-order valence-electron chi connectivity index (χ0n) is 19.2. The molecule has 1 amide bonds. The monoisotopic (exact) mass is 510 g/mol. The minimum absolute atomic E-state index is 0.165. The maximum Gasteiger partial charge on any atom is 0.289 e. The zero-order valence-corrected chi connectivity index (χ0v) is 20.0. The van der Waals surface area contributed by atoms with Gasteiger partial charge in [-0.05, 0) is 43.3 Å². The number of hydrogen-bond acceptors (Lipinski definition) is 8. The third-order valence-electron chi connectivity index (χ3n) is 5.27. The van der Waals surface area contributed by atoms with Crippen LogP contribution in [0.25, 0.3) is 0 Å². The number of amides is 1. The Morgan fingerprint density at radius 2 is 1.69 bits per heavy atom. The van der Waals surface area contributed by atoms with Crippen LogP contribution in [0.5, 0.6) is 11.5 Å². The van der Waals surface area contributed by atoms with Gasteiger partial charge in [0.1, 0.15) is 19.8 Å². The second-order valence-corrected chi connectivity index (χ2v) is 9.49. The Labute approximate surface area is 207 Å². The minimum Gasteiger partial charge on any atom is -0.486 e. The first kappa shape index (κ1) is 24.7. The van der Waals surface area contributed by atoms with Gasteiger partial charge in [-0.15, -0.1) is 0 Å². The molecule has 186 valence electrons. The lowest BCUT2D eigenvalue weighted by Gasteiger charge is -2.23. The number of nitro benzene ring substituents is 1. The second kappa shape index (κ2) is 10.4. The lowest BCUT2D eigenvalue weighted by atomic mass is 10.1. The molecule has 36 heavy (non-hydrogen) atoms. The summed E-state index contributed by atoms with van der Waals surface area (Å²) in [6.07, 6.45) is 0. The van der Waals surface area contributed by atoms with Crippen LogP contribution in [0.1, 0.15) is 12.5 Å². The highest BCUT2D eigenvalue weighted by Crippen LogP contribution is 2.31. The van der Waals surface area contributed by atoms with E-state index in [1.165, 1.54) is 24.3 Å². The molecule has 4 rings (SSSR count). The van der Waals surface area contributed by atoms with Gasteiger partial charge in [0, 0.05) is 11.6 Å². The quantitative estimate of drug-likeness (QED) is 0.279. The minimum atomic E-state index is -4.47. The molecule has 0 bridgehead atoms. The van der Waals surface area contributed by atoms with E-state index in [4.69, 9.17) is 9.47 Å². The number of nitrogens with one attached hydrogen (secondary N) is 1. The Morgan fingerprint density at radius 1 is 1.03 bits per heavy atom. The van der Waals surface area contributed by atoms with Gasteiger partial charge in [-0.25, -0.2) is 13.8 Å². The van der Waals surface area contributed by atoms with E-state index in [2.05, 4.69) is 10.5 Å². The lowest BCUT2D eigenvalue weighted by molar-refractivity contribution is -0.387. The Morgan fingerprint density at radius 3 is 2.42 bits per heavy atom. The molecule has 1 heterocycles. The van der Waals surface area contributed by atoms with Crippen LogP contribution in [0.4, 0.5) is 11.4 Å². The number of carbonyl (C=O) groups excluding carboxylic acids is 1. The summed E-state index contributed by atoms with van der Waals surface area (Å²) < 4.78 is 38.8. The maximum absolute atomic E-state index is 13.5. The van der Waals surface area contributed by atoms with Crippen molar-refractivity contribution in [2.24, 2.45) is 5.10 Å². The van der Waals surface area contributed by atoms with Crippen LogP contribution >= 0.6 is 0 Å². The van der Waals surface area contributed by atoms with Crippen molar-refractivity contribution in [2.75, 3.05) is 24.1 Å². The van der Waals surface area contributed by atoms with Crippen molar-refractivity contribution < 1.29 is 27.6 Å². The highest BCUT2D eigenvalue weighted by molar-refractivity contribution is 7.93. The first-order valence-electron chi connectivity index (χ1n) is 10.8. The Kier molecular flexibility index (Phi) is 7.15. The smallest absolute Gasteiger partial charge is 0.289 e. The Bertz CT molecular complexity index is 1430. The molecule has 3 aromatic rings. The van der Waals surface area contributed by atoms with Gasteiger partial charge in [-0.3, -0.25) is 19.2 Å². The third-order valence-corrected chi connectivity index (χ3v) is 7.09. The molecular formula is C24H22N4O7S. The number of carbonyl (C=O) groups is 1. The van der Waals surface area contributed by atoms with Crippen LogP contribution in [0, 0.1) is 10.1 Å². The SMILES string of the molecule is C/C(=N/NC(=O)CN(c1ccccc1)S(=O)(=O)c1ccccc1[N+](=O)[O-])c1ccc2c(c1)OCCO2. The summed E-state index contributed by atoms with van der Waals surface area (Å²) in [6.45, 7) is 1.90. The molecule has 12 heteroatoms. The molecule has 1 aliphatic heterocycles. The van der Waals surface area contributed by atoms with Crippen molar-refractivity contribution in [1.29, 1.82) is 0 Å². The van der Waals surface area contributed by atoms with E-state index in [0.717, 1.165) is 16.4 Å². The van der Waals surface area contributed by atoms with Crippen molar-refractivity contribution in [3.63, 3.8) is 0 Å². The van der Waals surface area contributed by atoms with Crippen molar-refractivity contribution in [2.45, 2.75) is 11.8 Å². The van der Waals surface area contributed by atoms with Crippen molar-refractivity contribution in [3.05, 3.63) is 88.5 Å². The maximum atomic E-state index is 13.5. The molecule has 11 nitrogen and oxygen atoms in total. The molecule has 0 atom stereocenters. The molecule has 0 unspecified atom stereocenters. The third kappa shape index (κ3) is 5.28. The molecule has 1 aliphatic rings. The zero-order chi connectivity index (χ0) is 25.7. The molecule has 0 spiro atoms. The number of fused-ring (bicyclic) bond motifs is 1. The predicted molar refractivity (Wildman–Crippen MR) is 132 cm³/mol. The van der Waals surface area contributed by atoms with E-state index in [1.807, 2.05) is 0 Å². The fourth-order valence-electron chi connectivity index (χ4n) is 3.50. The van der Waals surface area contributed by atoms with Gasteiger partial charge in [0.2, 0.25) is 0 Å². The van der Waals surface area contributed by atoms with Gasteiger partial charge < -0.3 is 9.47 Å². The van der Waals surface area contributed by atoms with E-state index < -0.39 is 38.0 Å². The molecule has 1 N–H and O–H groups in total. The van der Waals surface area contributed by atoms with Crippen molar-refractivity contribution in [3.8, 4) is 11.5 Å². The topological polar surface area (TPSA) is 140 Å². The highest BCUT2D eigenvalue weighted by Gasteiger charge is 2.33. The van der Waals surface area contributed by atoms with Crippen LogP contribution < -0.4 is 19.2 Å². The molecule has 0 saturated carbocycles. The van der Waals surface area contributed by atoms with Crippen molar-refractivity contribution >= 4 is 33.0 Å². The Balaban J connectivity index is 1.59. The van der Waals surface area contributed by atoms with Crippen LogP contribution in [0.15, 0.2) is 82.8 Å². The molecule has 0 aliphatic carbocycles. The normalized spacial score (nSPS) is 13.1. The fourth-order valence-corrected chi connectivity index (χ4v) is 5.08. The summed E-state index contributed by atoms with van der Waals surface area (Å²) in [4.78, 5) is 22.9. The molecule has 0 saturated heterocycles. The van der Waals surface area contributed by atoms with Gasteiger partial charge in [0.25, 0.3) is 21.6 Å². The number of rotatable bonds is 8. The molecule has 0 radical (unpaired) electrons. The number of sulfonamides is 1. The van der Waals surface area contributed by atoms with E-state index in [1.54, 1.807) is 43.3 Å². The van der Waals surface area contributed by atoms with Gasteiger partial charge in [-0.1, -0.05) is 30.3 Å². The van der Waals surface area contributed by atoms with Crippen LogP contribution in [-0.2, 0) is 14.8 Å². The molecule has 3 aromatic carbocycles. The van der Waals surface area contributed by atoms with E-state index >= 15 is 0 Å². The number of nitro groups is 1. The summed E-state index contributed by atoms with van der Waals surface area (Å²) >= 11 is 0. The highest BCUT2D eigenvalue weighted by atomic mass is 32.2. The van der Waals surface area contributed by atoms with Crippen LogP contribution in [-0.4, -0.2) is 44.7 Å². The summed E-state index contributed by atoms with van der Waals surface area (Å²) in [7, 11) is -4.47. The average Bonchev–Trinajstić information content (AvgIpc) is 2.90. The number of benzene rings is 3. The molecular weight excluding hydrogens is 488 g/mol. The number of hydrogen-bond donors (Lipinski definition) is 1. The molecule has 0 fully saturated rings. The molecule has 0 aromatic heterocycles. The van der Waals surface area contributed by atoms with Gasteiger partial charge in [0.15, 0.2) is 16.4 Å². The number of ether oxygens (including phenoxy) is 2. The van der Waals surface area contributed by atoms with Crippen molar-refractivity contribution in [1.82, 2.24) is 5.43 Å². The Hall–Kier alpha value is -4.45. The number of hydrazone groups is 1. The summed E-state index contributed by atoms with van der Waals surface area (Å²) in [6, 6.07) is 18.0. The second-order valence-electron chi connectivity index (χ2n) is 7.66. The fraction of sp³-hybridized carbons (Fsp3) is 0.167. The van der Waals surface area contributed by atoms with Crippen LogP contribution in [0.2, 0.25) is 0 Å². The van der Waals surface area contributed by atoms with Gasteiger partial charge in [-0.2, -0.15) is 5.10 Å². The summed E-state index contributed by atoms with van der Waals surface area (Å²) in [5.74, 6) is 0.434. The predicted octanol–water partition coefficient (Wildman–Crippen LogP) is 3.10. The van der Waals surface area contributed by atoms with Crippen LogP contribution in [0.3, 0.4) is 0 Å². The average molecular weight is 511 g/mol. The van der Waals surface area contributed by atoms with Gasteiger partial charge >= 0.3 is 0 Å². The van der Waals surface area contributed by atoms with E-state index in [0.29, 0.717) is 36.0 Å². The van der Waals surface area contributed by atoms with Gasteiger partial charge in [0.05, 0.1) is 16.3 Å². The van der Waals surface area contributed by atoms with E-state index in [9.17, 15) is 23.3 Å². The first-order chi connectivity index (χ1) is 17.3. The lowest BCUT2D eigenvalue weighted by Crippen LogP contribution is -2.40.